The number of benzene rings is 1. The third kappa shape index (κ3) is 4.28. The Hall–Kier alpha value is -2.56. The SMILES string of the molecule is CC(=O)Nc1ccc(CC(=O)NCc2ccco2)cc1. The molecule has 0 atom stereocenters. The van der Waals surface area contributed by atoms with Crippen LogP contribution in [0.3, 0.4) is 0 Å². The molecule has 1 aromatic heterocycles. The van der Waals surface area contributed by atoms with E-state index in [0.29, 0.717) is 13.0 Å². The number of amides is 2. The first-order valence-electron chi connectivity index (χ1n) is 6.29. The molecule has 0 saturated carbocycles. The summed E-state index contributed by atoms with van der Waals surface area (Å²) in [6.07, 6.45) is 1.86. The Kier molecular flexibility index (Phi) is 4.55. The zero-order valence-electron chi connectivity index (χ0n) is 11.2. The fraction of sp³-hybridized carbons (Fsp3) is 0.200. The van der Waals surface area contributed by atoms with E-state index in [2.05, 4.69) is 10.6 Å². The van der Waals surface area contributed by atoms with Crippen molar-refractivity contribution in [2.24, 2.45) is 0 Å². The zero-order chi connectivity index (χ0) is 14.4. The summed E-state index contributed by atoms with van der Waals surface area (Å²) in [7, 11) is 0. The van der Waals surface area contributed by atoms with Crippen LogP contribution in [0.15, 0.2) is 47.1 Å². The molecule has 2 aromatic rings. The first-order valence-corrected chi connectivity index (χ1v) is 6.29. The van der Waals surface area contributed by atoms with Gasteiger partial charge in [0.05, 0.1) is 19.2 Å². The van der Waals surface area contributed by atoms with E-state index in [4.69, 9.17) is 4.42 Å². The maximum Gasteiger partial charge on any atom is 0.224 e. The molecule has 104 valence electrons. The minimum absolute atomic E-state index is 0.0753. The molecule has 0 bridgehead atoms. The molecule has 0 aliphatic rings. The molecule has 0 spiro atoms. The molecular formula is C15H16N2O3. The molecule has 5 heteroatoms. The molecule has 0 saturated heterocycles. The molecule has 0 aliphatic carbocycles. The molecule has 2 N–H and O–H groups in total. The van der Waals surface area contributed by atoms with E-state index in [1.165, 1.54) is 6.92 Å². The number of anilines is 1. The highest BCUT2D eigenvalue weighted by Crippen LogP contribution is 2.10. The normalized spacial score (nSPS) is 10.1. The van der Waals surface area contributed by atoms with Crippen LogP contribution in [0.5, 0.6) is 0 Å². The van der Waals surface area contributed by atoms with Gasteiger partial charge in [-0.2, -0.15) is 0 Å². The molecule has 0 radical (unpaired) electrons. The summed E-state index contributed by atoms with van der Waals surface area (Å²) in [4.78, 5) is 22.6. The van der Waals surface area contributed by atoms with Crippen LogP contribution < -0.4 is 10.6 Å². The number of hydrogen-bond donors (Lipinski definition) is 2. The first kappa shape index (κ1) is 13.9. The van der Waals surface area contributed by atoms with Gasteiger partial charge in [0, 0.05) is 12.6 Å². The van der Waals surface area contributed by atoms with E-state index in [-0.39, 0.29) is 11.8 Å². The molecule has 5 nitrogen and oxygen atoms in total. The minimum Gasteiger partial charge on any atom is -0.467 e. The number of hydrogen-bond acceptors (Lipinski definition) is 3. The average molecular weight is 272 g/mol. The van der Waals surface area contributed by atoms with Gasteiger partial charge in [0.2, 0.25) is 11.8 Å². The molecule has 20 heavy (non-hydrogen) atoms. The van der Waals surface area contributed by atoms with Gasteiger partial charge in [0.25, 0.3) is 0 Å². The molecule has 2 amide bonds. The van der Waals surface area contributed by atoms with Gasteiger partial charge in [-0.25, -0.2) is 0 Å². The Labute approximate surface area is 117 Å². The highest BCUT2D eigenvalue weighted by atomic mass is 16.3. The summed E-state index contributed by atoms with van der Waals surface area (Å²) in [5.41, 5.74) is 1.60. The van der Waals surface area contributed by atoms with Crippen molar-refractivity contribution in [3.63, 3.8) is 0 Å². The maximum absolute atomic E-state index is 11.7. The van der Waals surface area contributed by atoms with Gasteiger partial charge in [0.15, 0.2) is 0 Å². The lowest BCUT2D eigenvalue weighted by atomic mass is 10.1. The van der Waals surface area contributed by atoms with Crippen LogP contribution in [-0.4, -0.2) is 11.8 Å². The van der Waals surface area contributed by atoms with E-state index in [0.717, 1.165) is 17.0 Å². The lowest BCUT2D eigenvalue weighted by molar-refractivity contribution is -0.120. The fourth-order valence-corrected chi connectivity index (χ4v) is 1.76. The van der Waals surface area contributed by atoms with E-state index in [1.54, 1.807) is 24.5 Å². The predicted octanol–water partition coefficient (Wildman–Crippen LogP) is 2.10. The van der Waals surface area contributed by atoms with Crippen LogP contribution in [0, 0.1) is 0 Å². The van der Waals surface area contributed by atoms with Gasteiger partial charge in [0.1, 0.15) is 5.76 Å². The zero-order valence-corrected chi connectivity index (χ0v) is 11.2. The summed E-state index contributed by atoms with van der Waals surface area (Å²) >= 11 is 0. The standard InChI is InChI=1S/C15H16N2O3/c1-11(18)17-13-6-4-12(5-7-13)9-15(19)16-10-14-3-2-8-20-14/h2-8H,9-10H2,1H3,(H,16,19)(H,17,18). The second-order valence-corrected chi connectivity index (χ2v) is 4.41. The van der Waals surface area contributed by atoms with Crippen molar-refractivity contribution in [1.29, 1.82) is 0 Å². The van der Waals surface area contributed by atoms with E-state index >= 15 is 0 Å². The maximum atomic E-state index is 11.7. The molecular weight excluding hydrogens is 256 g/mol. The quantitative estimate of drug-likeness (QED) is 0.875. The Bertz CT molecular complexity index is 574. The summed E-state index contributed by atoms with van der Waals surface area (Å²) in [5.74, 6) is 0.530. The van der Waals surface area contributed by atoms with Gasteiger partial charge >= 0.3 is 0 Å². The summed E-state index contributed by atoms with van der Waals surface area (Å²) in [6, 6.07) is 10.8. The van der Waals surface area contributed by atoms with Gasteiger partial charge in [-0.3, -0.25) is 9.59 Å². The molecule has 0 fully saturated rings. The van der Waals surface area contributed by atoms with Crippen LogP contribution in [0.25, 0.3) is 0 Å². The van der Waals surface area contributed by atoms with E-state index in [1.807, 2.05) is 18.2 Å². The molecule has 1 heterocycles. The van der Waals surface area contributed by atoms with E-state index in [9.17, 15) is 9.59 Å². The average Bonchev–Trinajstić information content (AvgIpc) is 2.91. The minimum atomic E-state index is -0.117. The second-order valence-electron chi connectivity index (χ2n) is 4.41. The molecule has 0 aliphatic heterocycles. The van der Waals surface area contributed by atoms with Crippen LogP contribution in [0.2, 0.25) is 0 Å². The topological polar surface area (TPSA) is 71.3 Å². The third-order valence-corrected chi connectivity index (χ3v) is 2.68. The Morgan fingerprint density at radius 3 is 2.50 bits per heavy atom. The second kappa shape index (κ2) is 6.56. The van der Waals surface area contributed by atoms with Gasteiger partial charge < -0.3 is 15.1 Å². The van der Waals surface area contributed by atoms with Crippen LogP contribution in [0.1, 0.15) is 18.2 Å². The highest BCUT2D eigenvalue weighted by Gasteiger charge is 2.04. The first-order chi connectivity index (χ1) is 9.63. The molecule has 1 aromatic carbocycles. The van der Waals surface area contributed by atoms with Gasteiger partial charge in [-0.05, 0) is 29.8 Å². The van der Waals surface area contributed by atoms with Crippen molar-refractivity contribution in [2.45, 2.75) is 19.9 Å². The number of carbonyl (C=O) groups excluding carboxylic acids is 2. The van der Waals surface area contributed by atoms with Crippen molar-refractivity contribution >= 4 is 17.5 Å². The third-order valence-electron chi connectivity index (χ3n) is 2.68. The fourth-order valence-electron chi connectivity index (χ4n) is 1.76. The van der Waals surface area contributed by atoms with Crippen LogP contribution >= 0.6 is 0 Å². The van der Waals surface area contributed by atoms with Crippen molar-refractivity contribution in [2.75, 3.05) is 5.32 Å². The largest absolute Gasteiger partial charge is 0.467 e. The Morgan fingerprint density at radius 1 is 1.15 bits per heavy atom. The number of nitrogens with one attached hydrogen (secondary N) is 2. The van der Waals surface area contributed by atoms with Crippen molar-refractivity contribution < 1.29 is 14.0 Å². The molecule has 0 unspecified atom stereocenters. The monoisotopic (exact) mass is 272 g/mol. The van der Waals surface area contributed by atoms with Crippen LogP contribution in [0.4, 0.5) is 5.69 Å². The Morgan fingerprint density at radius 2 is 1.90 bits per heavy atom. The lowest BCUT2D eigenvalue weighted by Crippen LogP contribution is -2.24. The summed E-state index contributed by atoms with van der Waals surface area (Å²) in [5, 5.41) is 5.46. The highest BCUT2D eigenvalue weighted by molar-refractivity contribution is 5.88. The lowest BCUT2D eigenvalue weighted by Gasteiger charge is -2.05. The van der Waals surface area contributed by atoms with E-state index < -0.39 is 0 Å². The van der Waals surface area contributed by atoms with Gasteiger partial charge in [-0.1, -0.05) is 12.1 Å². The van der Waals surface area contributed by atoms with Crippen LogP contribution in [-0.2, 0) is 22.6 Å². The predicted molar refractivity (Wildman–Crippen MR) is 75.0 cm³/mol. The smallest absolute Gasteiger partial charge is 0.224 e. The van der Waals surface area contributed by atoms with Crippen molar-refractivity contribution in [1.82, 2.24) is 5.32 Å². The Balaban J connectivity index is 1.83. The summed E-state index contributed by atoms with van der Waals surface area (Å²) in [6.45, 7) is 1.84. The molecule has 2 rings (SSSR count). The van der Waals surface area contributed by atoms with Gasteiger partial charge in [-0.15, -0.1) is 0 Å². The van der Waals surface area contributed by atoms with Crippen molar-refractivity contribution in [3.8, 4) is 0 Å². The van der Waals surface area contributed by atoms with Crippen molar-refractivity contribution in [3.05, 3.63) is 54.0 Å². The number of carbonyl (C=O) groups is 2. The summed E-state index contributed by atoms with van der Waals surface area (Å²) < 4.78 is 5.13. The number of furan rings is 1. The number of rotatable bonds is 5.